The lowest BCUT2D eigenvalue weighted by molar-refractivity contribution is 0.00578. The van der Waals surface area contributed by atoms with E-state index in [0.717, 1.165) is 6.07 Å². The van der Waals surface area contributed by atoms with E-state index in [1.165, 1.54) is 12.1 Å². The predicted molar refractivity (Wildman–Crippen MR) is 73.8 cm³/mol. The molecule has 0 unspecified atom stereocenters. The van der Waals surface area contributed by atoms with E-state index in [-0.39, 0.29) is 11.2 Å². The molecule has 108 valence electrons. The zero-order chi connectivity index (χ0) is 15.1. The van der Waals surface area contributed by atoms with Crippen molar-refractivity contribution >= 4 is 24.4 Å². The Bertz CT molecular complexity index is 531. The molecule has 20 heavy (non-hydrogen) atoms. The minimum atomic E-state index is -1.24. The van der Waals surface area contributed by atoms with Crippen molar-refractivity contribution in [3.63, 3.8) is 0 Å². The minimum Gasteiger partial charge on any atom is -0.465 e. The van der Waals surface area contributed by atoms with Gasteiger partial charge in [0.05, 0.1) is 11.2 Å². The maximum Gasteiger partial charge on any atom is 0.497 e. The van der Waals surface area contributed by atoms with E-state index in [0.29, 0.717) is 0 Å². The highest BCUT2D eigenvalue weighted by Crippen LogP contribution is 2.36. The molecular formula is C13H17BFNO4. The molecule has 0 aromatic heterocycles. The Hall–Kier alpha value is -1.60. The molecule has 2 rings (SSSR count). The third kappa shape index (κ3) is 2.64. The second-order valence-electron chi connectivity index (χ2n) is 5.75. The standard InChI is InChI=1S/C13H17BFNO4/c1-12(2)13(3,4)20-14(19-12)9-6-5-8(7-10(9)15)16-11(17)18/h5-7,16H,1-4H3,(H,17,18). The van der Waals surface area contributed by atoms with Crippen LogP contribution in [0, 0.1) is 5.82 Å². The molecule has 0 bridgehead atoms. The molecule has 1 aromatic carbocycles. The first-order valence-corrected chi connectivity index (χ1v) is 6.27. The summed E-state index contributed by atoms with van der Waals surface area (Å²) < 4.78 is 25.6. The number of rotatable bonds is 2. The fourth-order valence-electron chi connectivity index (χ4n) is 1.89. The number of carboxylic acid groups (broad SMARTS) is 1. The molecule has 0 atom stereocenters. The Morgan fingerprint density at radius 3 is 2.25 bits per heavy atom. The SMILES string of the molecule is CC1(C)OB(c2ccc(NC(=O)O)cc2F)OC1(C)C. The van der Waals surface area contributed by atoms with E-state index < -0.39 is 30.2 Å². The van der Waals surface area contributed by atoms with Gasteiger partial charge >= 0.3 is 13.2 Å². The molecule has 1 saturated heterocycles. The van der Waals surface area contributed by atoms with E-state index in [1.807, 2.05) is 27.7 Å². The fourth-order valence-corrected chi connectivity index (χ4v) is 1.89. The molecule has 0 radical (unpaired) electrons. The monoisotopic (exact) mass is 281 g/mol. The van der Waals surface area contributed by atoms with Gasteiger partial charge in [-0.15, -0.1) is 0 Å². The first-order chi connectivity index (χ1) is 9.12. The smallest absolute Gasteiger partial charge is 0.465 e. The van der Waals surface area contributed by atoms with Crippen molar-refractivity contribution in [3.05, 3.63) is 24.0 Å². The number of anilines is 1. The van der Waals surface area contributed by atoms with Crippen molar-refractivity contribution in [2.24, 2.45) is 0 Å². The Balaban J connectivity index is 2.25. The highest BCUT2D eigenvalue weighted by Gasteiger charge is 2.52. The van der Waals surface area contributed by atoms with Crippen LogP contribution in [0.15, 0.2) is 18.2 Å². The average molecular weight is 281 g/mol. The maximum absolute atomic E-state index is 14.1. The predicted octanol–water partition coefficient (Wildman–Crippen LogP) is 2.21. The van der Waals surface area contributed by atoms with Crippen molar-refractivity contribution in [1.82, 2.24) is 0 Å². The summed E-state index contributed by atoms with van der Waals surface area (Å²) in [5, 5.41) is 10.7. The molecule has 5 nitrogen and oxygen atoms in total. The van der Waals surface area contributed by atoms with E-state index in [1.54, 1.807) is 0 Å². The quantitative estimate of drug-likeness (QED) is 0.815. The lowest BCUT2D eigenvalue weighted by atomic mass is 9.78. The molecule has 1 aliphatic rings. The number of hydrogen-bond acceptors (Lipinski definition) is 3. The van der Waals surface area contributed by atoms with Crippen molar-refractivity contribution in [1.29, 1.82) is 0 Å². The Morgan fingerprint density at radius 2 is 1.80 bits per heavy atom. The van der Waals surface area contributed by atoms with Crippen LogP contribution in [-0.2, 0) is 9.31 Å². The molecule has 1 fully saturated rings. The Kier molecular flexibility index (Phi) is 3.52. The molecule has 7 heteroatoms. The Morgan fingerprint density at radius 1 is 1.25 bits per heavy atom. The van der Waals surface area contributed by atoms with Crippen LogP contribution in [-0.4, -0.2) is 29.5 Å². The van der Waals surface area contributed by atoms with E-state index >= 15 is 0 Å². The number of carbonyl (C=O) groups is 1. The molecule has 0 aliphatic carbocycles. The van der Waals surface area contributed by atoms with Gasteiger partial charge in [0.25, 0.3) is 0 Å². The molecule has 1 aliphatic heterocycles. The van der Waals surface area contributed by atoms with Gasteiger partial charge in [0, 0.05) is 11.2 Å². The fraction of sp³-hybridized carbons (Fsp3) is 0.462. The van der Waals surface area contributed by atoms with Crippen molar-refractivity contribution < 1.29 is 23.6 Å². The highest BCUT2D eigenvalue weighted by molar-refractivity contribution is 6.62. The van der Waals surface area contributed by atoms with Crippen LogP contribution in [0.1, 0.15) is 27.7 Å². The summed E-state index contributed by atoms with van der Waals surface area (Å²) in [6.07, 6.45) is -1.24. The van der Waals surface area contributed by atoms with Crippen LogP contribution >= 0.6 is 0 Å². The summed E-state index contributed by atoms with van der Waals surface area (Å²) in [6.45, 7) is 7.52. The maximum atomic E-state index is 14.1. The third-order valence-electron chi connectivity index (χ3n) is 3.76. The molecule has 0 saturated carbocycles. The van der Waals surface area contributed by atoms with Crippen LogP contribution in [0.25, 0.3) is 0 Å². The van der Waals surface area contributed by atoms with Crippen LogP contribution in [0.4, 0.5) is 14.9 Å². The van der Waals surface area contributed by atoms with E-state index in [2.05, 4.69) is 5.32 Å². The second kappa shape index (κ2) is 4.75. The number of benzene rings is 1. The van der Waals surface area contributed by atoms with Gasteiger partial charge in [-0.25, -0.2) is 9.18 Å². The summed E-state index contributed by atoms with van der Waals surface area (Å²) in [7, 11) is -0.807. The van der Waals surface area contributed by atoms with E-state index in [4.69, 9.17) is 14.4 Å². The van der Waals surface area contributed by atoms with Gasteiger partial charge in [-0.3, -0.25) is 5.32 Å². The first kappa shape index (κ1) is 14.8. The molecule has 1 aromatic rings. The number of hydrogen-bond donors (Lipinski definition) is 2. The van der Waals surface area contributed by atoms with E-state index in [9.17, 15) is 9.18 Å². The first-order valence-electron chi connectivity index (χ1n) is 6.27. The van der Waals surface area contributed by atoms with Crippen molar-refractivity contribution in [3.8, 4) is 0 Å². The van der Waals surface area contributed by atoms with Crippen molar-refractivity contribution in [2.45, 2.75) is 38.9 Å². The summed E-state index contributed by atoms with van der Waals surface area (Å²) in [4.78, 5) is 10.5. The van der Waals surface area contributed by atoms with Crippen molar-refractivity contribution in [2.75, 3.05) is 5.32 Å². The number of halogens is 1. The van der Waals surface area contributed by atoms with Gasteiger partial charge in [-0.2, -0.15) is 0 Å². The van der Waals surface area contributed by atoms with Gasteiger partial charge in [0.15, 0.2) is 0 Å². The van der Waals surface area contributed by atoms with Gasteiger partial charge in [0.2, 0.25) is 0 Å². The largest absolute Gasteiger partial charge is 0.497 e. The Labute approximate surface area is 117 Å². The summed E-state index contributed by atoms with van der Waals surface area (Å²) >= 11 is 0. The zero-order valence-electron chi connectivity index (χ0n) is 11.9. The highest BCUT2D eigenvalue weighted by atomic mass is 19.1. The molecule has 1 heterocycles. The van der Waals surface area contributed by atoms with Gasteiger partial charge in [-0.1, -0.05) is 6.07 Å². The summed E-state index contributed by atoms with van der Waals surface area (Å²) in [6, 6.07) is 4.04. The lowest BCUT2D eigenvalue weighted by Crippen LogP contribution is -2.41. The van der Waals surface area contributed by atoms with Crippen LogP contribution in [0.2, 0.25) is 0 Å². The average Bonchev–Trinajstić information content (AvgIpc) is 2.46. The number of amides is 1. The normalized spacial score (nSPS) is 19.9. The van der Waals surface area contributed by atoms with Gasteiger partial charge in [-0.05, 0) is 39.8 Å². The van der Waals surface area contributed by atoms with Gasteiger partial charge < -0.3 is 14.4 Å². The van der Waals surface area contributed by atoms with Crippen LogP contribution < -0.4 is 10.8 Å². The summed E-state index contributed by atoms with van der Waals surface area (Å²) in [5.41, 5.74) is -0.695. The van der Waals surface area contributed by atoms with Crippen LogP contribution in [0.5, 0.6) is 0 Å². The minimum absolute atomic E-state index is 0.162. The van der Waals surface area contributed by atoms with Crippen LogP contribution in [0.3, 0.4) is 0 Å². The zero-order valence-corrected chi connectivity index (χ0v) is 11.9. The number of nitrogens with one attached hydrogen (secondary N) is 1. The topological polar surface area (TPSA) is 67.8 Å². The third-order valence-corrected chi connectivity index (χ3v) is 3.76. The molecule has 1 amide bonds. The molecule has 2 N–H and O–H groups in total. The summed E-state index contributed by atoms with van der Waals surface area (Å²) in [5.74, 6) is -0.574. The second-order valence-corrected chi connectivity index (χ2v) is 5.75. The van der Waals surface area contributed by atoms with Gasteiger partial charge in [0.1, 0.15) is 5.82 Å². The molecule has 0 spiro atoms. The lowest BCUT2D eigenvalue weighted by Gasteiger charge is -2.32. The molecular weight excluding hydrogens is 264 g/mol.